The number of allylic oxidation sites excluding steroid dienone is 2. The molecule has 2 aromatic rings. The Morgan fingerprint density at radius 2 is 1.73 bits per heavy atom. The largest absolute Gasteiger partial charge is 0.460 e. The highest BCUT2D eigenvalue weighted by Crippen LogP contribution is 2.48. The van der Waals surface area contributed by atoms with Gasteiger partial charge < -0.3 is 20.1 Å². The van der Waals surface area contributed by atoms with Gasteiger partial charge in [0.15, 0.2) is 9.84 Å². The Bertz CT molecular complexity index is 1690. The highest BCUT2D eigenvalue weighted by molar-refractivity contribution is 7.97. The third-order valence-corrected chi connectivity index (χ3v) is 10.3. The van der Waals surface area contributed by atoms with E-state index in [4.69, 9.17) is 21.1 Å². The third-order valence-electron chi connectivity index (χ3n) is 6.20. The number of hydrogen-bond donors (Lipinski definition) is 2. The van der Waals surface area contributed by atoms with E-state index in [1.165, 1.54) is 37.3 Å². The molecule has 1 unspecified atom stereocenters. The first-order valence-corrected chi connectivity index (χ1v) is 15.9. The lowest BCUT2D eigenvalue weighted by molar-refractivity contribution is -0.139. The SMILES string of the molecule is CC1=C(C(=O)OCCNC(=O)OC(C)(C)C)C(c2c(F)cccc2Cl)C2=C(CS(=O)(=O)c3ccccc3S2(=O)=O)N1. The van der Waals surface area contributed by atoms with Crippen LogP contribution in [0.2, 0.25) is 5.02 Å². The van der Waals surface area contributed by atoms with E-state index in [9.17, 15) is 26.4 Å². The van der Waals surface area contributed by atoms with Gasteiger partial charge >= 0.3 is 12.1 Å². The number of dihydropyridines is 1. The topological polar surface area (TPSA) is 145 Å². The molecule has 1 atom stereocenters. The van der Waals surface area contributed by atoms with E-state index in [1.807, 2.05) is 0 Å². The average molecular weight is 627 g/mol. The summed E-state index contributed by atoms with van der Waals surface area (Å²) in [5, 5.41) is 5.01. The lowest BCUT2D eigenvalue weighted by Gasteiger charge is -2.31. The number of ether oxygens (including phenoxy) is 2. The molecule has 0 aromatic heterocycles. The molecule has 2 aromatic carbocycles. The Hall–Kier alpha value is -3.42. The van der Waals surface area contributed by atoms with Crippen LogP contribution >= 0.6 is 11.6 Å². The van der Waals surface area contributed by atoms with E-state index < -0.39 is 69.5 Å². The smallest absolute Gasteiger partial charge is 0.407 e. The van der Waals surface area contributed by atoms with Crippen LogP contribution in [0.25, 0.3) is 0 Å². The summed E-state index contributed by atoms with van der Waals surface area (Å²) in [5.74, 6) is -4.32. The Morgan fingerprint density at radius 1 is 1.07 bits per heavy atom. The molecule has 2 aliphatic rings. The predicted molar refractivity (Wildman–Crippen MR) is 148 cm³/mol. The minimum atomic E-state index is -4.63. The maximum absolute atomic E-state index is 15.4. The summed E-state index contributed by atoms with van der Waals surface area (Å²) < 4.78 is 80.6. The Morgan fingerprint density at radius 3 is 2.37 bits per heavy atom. The fourth-order valence-corrected chi connectivity index (χ4v) is 8.96. The Balaban J connectivity index is 1.79. The normalized spacial score (nSPS) is 19.3. The minimum Gasteiger partial charge on any atom is -0.460 e. The van der Waals surface area contributed by atoms with Gasteiger partial charge in [0.05, 0.1) is 38.5 Å². The Kier molecular flexibility index (Phi) is 8.27. The van der Waals surface area contributed by atoms with Crippen LogP contribution in [0.1, 0.15) is 39.2 Å². The van der Waals surface area contributed by atoms with Gasteiger partial charge in [-0.15, -0.1) is 0 Å². The maximum atomic E-state index is 15.4. The number of benzene rings is 2. The standard InChI is InChI=1S/C27H28ClFN2O8S2/c1-15-21(25(32)38-13-12-30-26(33)39-27(2,3)4)23(22-16(28)8-7-9-17(22)29)24-18(31-15)14-40(34,35)19-10-5-6-11-20(19)41(24,36)37/h5-11,23,31H,12-14H2,1-4H3,(H,30,33). The molecule has 0 saturated heterocycles. The zero-order chi connectivity index (χ0) is 30.3. The van der Waals surface area contributed by atoms with Crippen molar-refractivity contribution < 1.29 is 40.3 Å². The number of alkyl carbamates (subject to hydrolysis) is 1. The van der Waals surface area contributed by atoms with Crippen molar-refractivity contribution in [2.75, 3.05) is 18.9 Å². The number of rotatable bonds is 5. The molecule has 2 heterocycles. The maximum Gasteiger partial charge on any atom is 0.407 e. The van der Waals surface area contributed by atoms with E-state index >= 15 is 4.39 Å². The minimum absolute atomic E-state index is 0.0505. The highest BCUT2D eigenvalue weighted by Gasteiger charge is 2.47. The summed E-state index contributed by atoms with van der Waals surface area (Å²) in [7, 11) is -8.79. The van der Waals surface area contributed by atoms with Gasteiger partial charge in [0, 0.05) is 22.0 Å². The number of hydrogen-bond acceptors (Lipinski definition) is 9. The quantitative estimate of drug-likeness (QED) is 0.372. The first kappa shape index (κ1) is 30.5. The van der Waals surface area contributed by atoms with E-state index in [0.29, 0.717) is 0 Å². The summed E-state index contributed by atoms with van der Waals surface area (Å²) in [6, 6.07) is 8.79. The van der Waals surface area contributed by atoms with Crippen molar-refractivity contribution in [3.05, 3.63) is 80.7 Å². The van der Waals surface area contributed by atoms with Crippen molar-refractivity contribution in [3.8, 4) is 0 Å². The van der Waals surface area contributed by atoms with Crippen LogP contribution in [0, 0.1) is 5.82 Å². The van der Waals surface area contributed by atoms with E-state index in [2.05, 4.69) is 10.6 Å². The molecular weight excluding hydrogens is 599 g/mol. The van der Waals surface area contributed by atoms with Gasteiger partial charge in [-0.25, -0.2) is 30.8 Å². The Labute approximate surface area is 242 Å². The molecule has 220 valence electrons. The number of halogens is 2. The van der Waals surface area contributed by atoms with Gasteiger partial charge in [-0.3, -0.25) is 0 Å². The fraction of sp³-hybridized carbons (Fsp3) is 0.333. The number of nitrogens with one attached hydrogen (secondary N) is 2. The fourth-order valence-electron chi connectivity index (χ4n) is 4.64. The average Bonchev–Trinajstić information content (AvgIpc) is 2.91. The number of esters is 1. The molecule has 0 spiro atoms. The van der Waals surface area contributed by atoms with Crippen molar-refractivity contribution in [1.29, 1.82) is 0 Å². The molecule has 0 bridgehead atoms. The number of carbonyl (C=O) groups is 2. The van der Waals surface area contributed by atoms with Crippen LogP contribution in [0.4, 0.5) is 9.18 Å². The van der Waals surface area contributed by atoms with Crippen LogP contribution in [0.5, 0.6) is 0 Å². The summed E-state index contributed by atoms with van der Waals surface area (Å²) in [5.41, 5.74) is -1.54. The number of amides is 1. The number of sulfone groups is 2. The molecular formula is C27H28ClFN2O8S2. The van der Waals surface area contributed by atoms with E-state index in [0.717, 1.165) is 12.1 Å². The first-order valence-electron chi connectivity index (χ1n) is 12.4. The monoisotopic (exact) mass is 626 g/mol. The molecule has 0 saturated carbocycles. The summed E-state index contributed by atoms with van der Waals surface area (Å²) in [6.45, 7) is 5.99. The van der Waals surface area contributed by atoms with Gasteiger partial charge in [0.1, 0.15) is 18.0 Å². The molecule has 10 nitrogen and oxygen atoms in total. The van der Waals surface area contributed by atoms with Crippen molar-refractivity contribution >= 4 is 43.3 Å². The van der Waals surface area contributed by atoms with Crippen LogP contribution in [0.3, 0.4) is 0 Å². The molecule has 2 aliphatic heterocycles. The van der Waals surface area contributed by atoms with Crippen molar-refractivity contribution in [2.45, 2.75) is 49.0 Å². The van der Waals surface area contributed by atoms with Crippen LogP contribution < -0.4 is 10.6 Å². The van der Waals surface area contributed by atoms with E-state index in [1.54, 1.807) is 20.8 Å². The van der Waals surface area contributed by atoms with Gasteiger partial charge in [-0.1, -0.05) is 29.8 Å². The number of carbonyl (C=O) groups excluding carboxylic acids is 2. The van der Waals surface area contributed by atoms with Crippen molar-refractivity contribution in [3.63, 3.8) is 0 Å². The molecule has 0 aliphatic carbocycles. The van der Waals surface area contributed by atoms with Crippen molar-refractivity contribution in [2.24, 2.45) is 0 Å². The first-order chi connectivity index (χ1) is 19.0. The number of fused-ring (bicyclic) bond motifs is 1. The van der Waals surface area contributed by atoms with Gasteiger partial charge in [-0.2, -0.15) is 0 Å². The second kappa shape index (κ2) is 11.1. The lowest BCUT2D eigenvalue weighted by Crippen LogP contribution is -2.36. The molecule has 1 amide bonds. The van der Waals surface area contributed by atoms with Gasteiger partial charge in [0.25, 0.3) is 0 Å². The molecule has 2 N–H and O–H groups in total. The molecule has 0 radical (unpaired) electrons. The third kappa shape index (κ3) is 6.11. The summed E-state index contributed by atoms with van der Waals surface area (Å²) in [4.78, 5) is 23.9. The van der Waals surface area contributed by atoms with Crippen LogP contribution in [-0.4, -0.2) is 53.4 Å². The predicted octanol–water partition coefficient (Wildman–Crippen LogP) is 3.98. The van der Waals surface area contributed by atoms with Gasteiger partial charge in [-0.05, 0) is 52.0 Å². The highest BCUT2D eigenvalue weighted by atomic mass is 35.5. The van der Waals surface area contributed by atoms with Gasteiger partial charge in [0.2, 0.25) is 9.84 Å². The lowest BCUT2D eigenvalue weighted by atomic mass is 9.86. The molecule has 0 fully saturated rings. The zero-order valence-corrected chi connectivity index (χ0v) is 25.0. The van der Waals surface area contributed by atoms with Crippen LogP contribution in [-0.2, 0) is 33.9 Å². The second-order valence-corrected chi connectivity index (χ2v) is 14.6. The molecule has 41 heavy (non-hydrogen) atoms. The van der Waals surface area contributed by atoms with E-state index in [-0.39, 0.29) is 40.7 Å². The molecule has 4 rings (SSSR count). The van der Waals surface area contributed by atoms with Crippen LogP contribution in [0.15, 0.2) is 74.1 Å². The second-order valence-electron chi connectivity index (χ2n) is 10.3. The summed E-state index contributed by atoms with van der Waals surface area (Å²) >= 11 is 6.38. The van der Waals surface area contributed by atoms with Crippen molar-refractivity contribution in [1.82, 2.24) is 10.6 Å². The zero-order valence-electron chi connectivity index (χ0n) is 22.6. The molecule has 14 heteroatoms. The summed E-state index contributed by atoms with van der Waals surface area (Å²) in [6.07, 6.45) is -0.737.